The van der Waals surface area contributed by atoms with Crippen LogP contribution in [0.15, 0.2) is 18.2 Å². The normalized spacial score (nSPS) is 16.9. The topological polar surface area (TPSA) is 49.6 Å². The van der Waals surface area contributed by atoms with E-state index < -0.39 is 0 Å². The fraction of sp³-hybridized carbons (Fsp3) is 0.562. The maximum absolute atomic E-state index is 11.6. The second-order valence-corrected chi connectivity index (χ2v) is 6.16. The van der Waals surface area contributed by atoms with Crippen molar-refractivity contribution in [1.29, 1.82) is 0 Å². The van der Waals surface area contributed by atoms with Crippen molar-refractivity contribution in [3.05, 3.63) is 23.8 Å². The van der Waals surface area contributed by atoms with Crippen molar-refractivity contribution in [2.24, 2.45) is 0 Å². The molecule has 0 radical (unpaired) electrons. The van der Waals surface area contributed by atoms with Crippen LogP contribution in [0, 0.1) is 0 Å². The van der Waals surface area contributed by atoms with Gasteiger partial charge in [-0.05, 0) is 58.5 Å². The third kappa shape index (κ3) is 2.66. The SMILES string of the molecule is CC(=O)c1cc(N(C)CC2(N(C)C)CCC2)ccc1N. The number of hydrogen-bond acceptors (Lipinski definition) is 4. The number of benzene rings is 1. The minimum atomic E-state index is 0.0173. The molecule has 2 rings (SSSR count). The van der Waals surface area contributed by atoms with Gasteiger partial charge in [-0.25, -0.2) is 0 Å². The van der Waals surface area contributed by atoms with Gasteiger partial charge in [0.25, 0.3) is 0 Å². The lowest BCUT2D eigenvalue weighted by atomic mass is 9.75. The van der Waals surface area contributed by atoms with Gasteiger partial charge in [0.2, 0.25) is 0 Å². The first-order valence-corrected chi connectivity index (χ1v) is 7.15. The molecule has 0 bridgehead atoms. The van der Waals surface area contributed by atoms with Gasteiger partial charge in [0.1, 0.15) is 0 Å². The molecule has 0 saturated heterocycles. The van der Waals surface area contributed by atoms with Crippen LogP contribution >= 0.6 is 0 Å². The van der Waals surface area contributed by atoms with E-state index in [2.05, 4.69) is 30.9 Å². The Kier molecular flexibility index (Phi) is 4.04. The monoisotopic (exact) mass is 275 g/mol. The van der Waals surface area contributed by atoms with Crippen LogP contribution in [0.5, 0.6) is 0 Å². The van der Waals surface area contributed by atoms with E-state index in [0.717, 1.165) is 12.2 Å². The van der Waals surface area contributed by atoms with Crippen LogP contribution in [-0.2, 0) is 0 Å². The molecule has 2 N–H and O–H groups in total. The first kappa shape index (κ1) is 14.9. The average Bonchev–Trinajstić information content (AvgIpc) is 2.33. The summed E-state index contributed by atoms with van der Waals surface area (Å²) in [6.45, 7) is 2.53. The second-order valence-electron chi connectivity index (χ2n) is 6.16. The van der Waals surface area contributed by atoms with Gasteiger partial charge in [-0.15, -0.1) is 0 Å². The molecule has 1 aromatic carbocycles. The second kappa shape index (κ2) is 5.44. The number of Topliss-reactive ketones (excluding diaryl/α,β-unsaturated/α-hetero) is 1. The van der Waals surface area contributed by atoms with Crippen molar-refractivity contribution >= 4 is 17.2 Å². The van der Waals surface area contributed by atoms with Crippen molar-refractivity contribution in [1.82, 2.24) is 4.90 Å². The van der Waals surface area contributed by atoms with E-state index in [1.54, 1.807) is 6.92 Å². The first-order valence-electron chi connectivity index (χ1n) is 7.15. The van der Waals surface area contributed by atoms with Gasteiger partial charge in [0.15, 0.2) is 5.78 Å². The van der Waals surface area contributed by atoms with E-state index in [1.165, 1.54) is 19.3 Å². The van der Waals surface area contributed by atoms with Crippen molar-refractivity contribution in [2.45, 2.75) is 31.7 Å². The zero-order chi connectivity index (χ0) is 14.9. The summed E-state index contributed by atoms with van der Waals surface area (Å²) in [4.78, 5) is 16.2. The summed E-state index contributed by atoms with van der Waals surface area (Å²) in [5.41, 5.74) is 8.35. The van der Waals surface area contributed by atoms with Crippen LogP contribution in [0.3, 0.4) is 0 Å². The fourth-order valence-corrected chi connectivity index (χ4v) is 2.95. The quantitative estimate of drug-likeness (QED) is 0.662. The van der Waals surface area contributed by atoms with Crippen LogP contribution < -0.4 is 10.6 Å². The summed E-state index contributed by atoms with van der Waals surface area (Å²) >= 11 is 0. The van der Waals surface area contributed by atoms with Crippen LogP contribution in [0.1, 0.15) is 36.5 Å². The van der Waals surface area contributed by atoms with Gasteiger partial charge >= 0.3 is 0 Å². The maximum atomic E-state index is 11.6. The van der Waals surface area contributed by atoms with E-state index in [0.29, 0.717) is 11.3 Å². The first-order chi connectivity index (χ1) is 9.35. The van der Waals surface area contributed by atoms with Gasteiger partial charge in [0, 0.05) is 36.1 Å². The predicted octanol–water partition coefficient (Wildman–Crippen LogP) is 2.39. The van der Waals surface area contributed by atoms with Gasteiger partial charge < -0.3 is 15.5 Å². The minimum Gasteiger partial charge on any atom is -0.398 e. The van der Waals surface area contributed by atoms with E-state index in [4.69, 9.17) is 5.73 Å². The average molecular weight is 275 g/mol. The van der Waals surface area contributed by atoms with E-state index >= 15 is 0 Å². The predicted molar refractivity (Wildman–Crippen MR) is 84.4 cm³/mol. The standard InChI is InChI=1S/C16H25N3O/c1-12(20)14-10-13(6-7-15(14)17)19(4)11-16(18(2)3)8-5-9-16/h6-7,10H,5,8-9,11,17H2,1-4H3. The molecular weight excluding hydrogens is 250 g/mol. The zero-order valence-corrected chi connectivity index (χ0v) is 12.9. The third-order valence-corrected chi connectivity index (χ3v) is 4.62. The number of carbonyl (C=O) groups excluding carboxylic acids is 1. The number of ketones is 1. The summed E-state index contributed by atoms with van der Waals surface area (Å²) in [5, 5.41) is 0. The van der Waals surface area contributed by atoms with Crippen molar-refractivity contribution < 1.29 is 4.79 Å². The highest BCUT2D eigenvalue weighted by atomic mass is 16.1. The summed E-state index contributed by atoms with van der Waals surface area (Å²) < 4.78 is 0. The molecule has 4 heteroatoms. The Morgan fingerprint density at radius 1 is 1.30 bits per heavy atom. The molecule has 1 fully saturated rings. The number of hydrogen-bond donors (Lipinski definition) is 1. The Morgan fingerprint density at radius 2 is 1.95 bits per heavy atom. The Balaban J connectivity index is 2.19. The molecule has 110 valence electrons. The third-order valence-electron chi connectivity index (χ3n) is 4.62. The molecular formula is C16H25N3O. The number of likely N-dealkylation sites (N-methyl/N-ethyl adjacent to an activating group) is 2. The molecule has 0 aromatic heterocycles. The van der Waals surface area contributed by atoms with Crippen molar-refractivity contribution in [2.75, 3.05) is 38.3 Å². The van der Waals surface area contributed by atoms with E-state index in [9.17, 15) is 4.79 Å². The molecule has 1 aliphatic rings. The molecule has 0 atom stereocenters. The lowest BCUT2D eigenvalue weighted by Crippen LogP contribution is -2.56. The molecule has 1 aromatic rings. The van der Waals surface area contributed by atoms with Crippen LogP contribution in [-0.4, -0.2) is 43.9 Å². The number of nitrogens with zero attached hydrogens (tertiary/aromatic N) is 2. The summed E-state index contributed by atoms with van der Waals surface area (Å²) in [7, 11) is 6.38. The number of carbonyl (C=O) groups is 1. The van der Waals surface area contributed by atoms with Crippen LogP contribution in [0.4, 0.5) is 11.4 Å². The number of rotatable bonds is 5. The van der Waals surface area contributed by atoms with Crippen molar-refractivity contribution in [3.8, 4) is 0 Å². The van der Waals surface area contributed by atoms with Crippen LogP contribution in [0.25, 0.3) is 0 Å². The molecule has 0 spiro atoms. The number of anilines is 2. The highest BCUT2D eigenvalue weighted by Gasteiger charge is 2.39. The Bertz CT molecular complexity index is 506. The lowest BCUT2D eigenvalue weighted by molar-refractivity contribution is 0.0683. The molecule has 0 amide bonds. The summed E-state index contributed by atoms with van der Waals surface area (Å²) in [6, 6.07) is 5.72. The summed E-state index contributed by atoms with van der Waals surface area (Å²) in [6.07, 6.45) is 3.77. The Morgan fingerprint density at radius 3 is 2.40 bits per heavy atom. The summed E-state index contributed by atoms with van der Waals surface area (Å²) in [5.74, 6) is 0.0173. The van der Waals surface area contributed by atoms with Gasteiger partial charge in [-0.3, -0.25) is 4.79 Å². The molecule has 0 unspecified atom stereocenters. The van der Waals surface area contributed by atoms with Crippen molar-refractivity contribution in [3.63, 3.8) is 0 Å². The van der Waals surface area contributed by atoms with E-state index in [1.807, 2.05) is 18.2 Å². The highest BCUT2D eigenvalue weighted by molar-refractivity contribution is 6.00. The smallest absolute Gasteiger partial charge is 0.161 e. The Labute approximate surface area is 121 Å². The molecule has 1 saturated carbocycles. The zero-order valence-electron chi connectivity index (χ0n) is 12.9. The molecule has 0 heterocycles. The maximum Gasteiger partial charge on any atom is 0.161 e. The molecule has 1 aliphatic carbocycles. The molecule has 20 heavy (non-hydrogen) atoms. The molecule has 0 aliphatic heterocycles. The number of nitrogens with two attached hydrogens (primary N) is 1. The van der Waals surface area contributed by atoms with Crippen LogP contribution in [0.2, 0.25) is 0 Å². The van der Waals surface area contributed by atoms with Gasteiger partial charge in [0.05, 0.1) is 0 Å². The highest BCUT2D eigenvalue weighted by Crippen LogP contribution is 2.37. The molecule has 4 nitrogen and oxygen atoms in total. The fourth-order valence-electron chi connectivity index (χ4n) is 2.95. The minimum absolute atomic E-state index is 0.0173. The van der Waals surface area contributed by atoms with Gasteiger partial charge in [-0.1, -0.05) is 0 Å². The largest absolute Gasteiger partial charge is 0.398 e. The Hall–Kier alpha value is -1.55. The lowest BCUT2D eigenvalue weighted by Gasteiger charge is -2.49. The van der Waals surface area contributed by atoms with E-state index in [-0.39, 0.29) is 11.3 Å². The number of nitrogen functional groups attached to an aromatic ring is 1. The van der Waals surface area contributed by atoms with Gasteiger partial charge in [-0.2, -0.15) is 0 Å².